The molecule has 3 heterocycles. The van der Waals surface area contributed by atoms with Crippen LogP contribution in [0.4, 0.5) is 5.82 Å². The second-order valence-electron chi connectivity index (χ2n) is 6.53. The maximum absolute atomic E-state index is 4.83. The summed E-state index contributed by atoms with van der Waals surface area (Å²) in [7, 11) is 2.22. The third-order valence-corrected chi connectivity index (χ3v) is 5.67. The second kappa shape index (κ2) is 7.33. The molecule has 2 aromatic heterocycles. The first-order valence-corrected chi connectivity index (χ1v) is 9.52. The van der Waals surface area contributed by atoms with Gasteiger partial charge in [-0.3, -0.25) is 9.88 Å². The van der Waals surface area contributed by atoms with Crippen LogP contribution in [0.2, 0.25) is 0 Å². The van der Waals surface area contributed by atoms with Crippen molar-refractivity contribution in [3.05, 3.63) is 65.8 Å². The third kappa shape index (κ3) is 3.72. The molecule has 1 saturated heterocycles. The van der Waals surface area contributed by atoms with E-state index in [1.54, 1.807) is 11.3 Å². The fourth-order valence-corrected chi connectivity index (χ4v) is 4.04. The molecule has 25 heavy (non-hydrogen) atoms. The van der Waals surface area contributed by atoms with E-state index in [9.17, 15) is 0 Å². The Morgan fingerprint density at radius 2 is 2.04 bits per heavy atom. The van der Waals surface area contributed by atoms with Crippen LogP contribution in [-0.2, 0) is 6.54 Å². The molecule has 5 heteroatoms. The fourth-order valence-electron chi connectivity index (χ4n) is 3.36. The summed E-state index contributed by atoms with van der Waals surface area (Å²) in [6.45, 7) is 3.03. The lowest BCUT2D eigenvalue weighted by molar-refractivity contribution is 0.250. The fraction of sp³-hybridized carbons (Fsp3) is 0.300. The van der Waals surface area contributed by atoms with E-state index in [1.807, 2.05) is 12.4 Å². The van der Waals surface area contributed by atoms with Gasteiger partial charge in [0, 0.05) is 25.7 Å². The van der Waals surface area contributed by atoms with Crippen molar-refractivity contribution in [1.82, 2.24) is 14.9 Å². The Labute approximate surface area is 152 Å². The van der Waals surface area contributed by atoms with Crippen molar-refractivity contribution in [3.8, 4) is 10.6 Å². The largest absolute Gasteiger partial charge is 0.354 e. The third-order valence-electron chi connectivity index (χ3n) is 4.78. The molecule has 1 atom stereocenters. The van der Waals surface area contributed by atoms with E-state index >= 15 is 0 Å². The van der Waals surface area contributed by atoms with E-state index in [4.69, 9.17) is 4.98 Å². The normalized spacial score (nSPS) is 17.4. The smallest absolute Gasteiger partial charge is 0.147 e. The van der Waals surface area contributed by atoms with Crippen molar-refractivity contribution in [3.63, 3.8) is 0 Å². The predicted molar refractivity (Wildman–Crippen MR) is 104 cm³/mol. The zero-order valence-corrected chi connectivity index (χ0v) is 15.2. The van der Waals surface area contributed by atoms with Crippen molar-refractivity contribution in [1.29, 1.82) is 0 Å². The average molecular weight is 350 g/mol. The Morgan fingerprint density at radius 1 is 1.16 bits per heavy atom. The molecule has 4 rings (SSSR count). The summed E-state index contributed by atoms with van der Waals surface area (Å²) < 4.78 is 0. The van der Waals surface area contributed by atoms with Crippen molar-refractivity contribution in [2.45, 2.75) is 19.0 Å². The molecule has 1 fully saturated rings. The lowest BCUT2D eigenvalue weighted by Crippen LogP contribution is -2.34. The van der Waals surface area contributed by atoms with Crippen molar-refractivity contribution in [2.24, 2.45) is 0 Å². The van der Waals surface area contributed by atoms with Gasteiger partial charge in [-0.1, -0.05) is 36.4 Å². The first kappa shape index (κ1) is 16.2. The molecule has 0 aliphatic carbocycles. The van der Waals surface area contributed by atoms with E-state index < -0.39 is 0 Å². The maximum atomic E-state index is 4.83. The first-order valence-electron chi connectivity index (χ1n) is 8.64. The topological polar surface area (TPSA) is 32.3 Å². The van der Waals surface area contributed by atoms with Crippen LogP contribution < -0.4 is 4.90 Å². The van der Waals surface area contributed by atoms with Gasteiger partial charge in [0.25, 0.3) is 0 Å². The number of rotatable bonds is 5. The Hall–Kier alpha value is -2.24. The number of hydrogen-bond donors (Lipinski definition) is 0. The maximum Gasteiger partial charge on any atom is 0.147 e. The van der Waals surface area contributed by atoms with Crippen LogP contribution in [0.1, 0.15) is 12.0 Å². The number of aromatic nitrogens is 2. The lowest BCUT2D eigenvalue weighted by atomic mass is 10.1. The summed E-state index contributed by atoms with van der Waals surface area (Å²) in [5.41, 5.74) is 2.33. The Balaban J connectivity index is 1.43. The highest BCUT2D eigenvalue weighted by Crippen LogP contribution is 2.26. The summed E-state index contributed by atoms with van der Waals surface area (Å²) >= 11 is 1.70. The molecule has 128 valence electrons. The summed E-state index contributed by atoms with van der Waals surface area (Å²) in [5.74, 6) is 0.988. The molecule has 0 N–H and O–H groups in total. The highest BCUT2D eigenvalue weighted by molar-refractivity contribution is 7.13. The summed E-state index contributed by atoms with van der Waals surface area (Å²) in [6, 6.07) is 15.4. The van der Waals surface area contributed by atoms with Gasteiger partial charge in [0.2, 0.25) is 0 Å². The van der Waals surface area contributed by atoms with Gasteiger partial charge in [0.1, 0.15) is 11.5 Å². The SMILES string of the molecule is CN(Cc1ccccc1)C1CCN(c2cncc(-c3cccs3)n2)C1. The lowest BCUT2D eigenvalue weighted by Gasteiger charge is -2.25. The van der Waals surface area contributed by atoms with Gasteiger partial charge in [0.15, 0.2) is 0 Å². The molecule has 0 radical (unpaired) electrons. The minimum Gasteiger partial charge on any atom is -0.354 e. The van der Waals surface area contributed by atoms with Gasteiger partial charge in [-0.15, -0.1) is 11.3 Å². The zero-order chi connectivity index (χ0) is 17.1. The van der Waals surface area contributed by atoms with Gasteiger partial charge in [-0.05, 0) is 30.5 Å². The van der Waals surface area contributed by atoms with Crippen LogP contribution in [0.15, 0.2) is 60.2 Å². The molecular weight excluding hydrogens is 328 g/mol. The quantitative estimate of drug-likeness (QED) is 0.698. The Kier molecular flexibility index (Phi) is 4.76. The molecule has 1 aliphatic heterocycles. The minimum absolute atomic E-state index is 0.549. The Bertz CT molecular complexity index is 804. The van der Waals surface area contributed by atoms with Crippen LogP contribution in [0, 0.1) is 0 Å². The molecule has 3 aromatic rings. The molecule has 1 unspecified atom stereocenters. The second-order valence-corrected chi connectivity index (χ2v) is 7.48. The molecule has 0 saturated carbocycles. The summed E-state index contributed by atoms with van der Waals surface area (Å²) in [5, 5.41) is 2.08. The van der Waals surface area contributed by atoms with E-state index in [-0.39, 0.29) is 0 Å². The van der Waals surface area contributed by atoms with Crippen LogP contribution >= 0.6 is 11.3 Å². The van der Waals surface area contributed by atoms with E-state index in [1.165, 1.54) is 10.4 Å². The van der Waals surface area contributed by atoms with Crippen LogP contribution in [-0.4, -0.2) is 41.0 Å². The number of hydrogen-bond acceptors (Lipinski definition) is 5. The molecule has 0 bridgehead atoms. The first-order chi connectivity index (χ1) is 12.3. The molecule has 0 amide bonds. The standard InChI is InChI=1S/C20H22N4S/c1-23(14-16-6-3-2-4-7-16)17-9-10-24(15-17)20-13-21-12-18(22-20)19-8-5-11-25-19/h2-8,11-13,17H,9-10,14-15H2,1H3. The zero-order valence-electron chi connectivity index (χ0n) is 14.4. The van der Waals surface area contributed by atoms with Gasteiger partial charge in [0.05, 0.1) is 17.3 Å². The number of likely N-dealkylation sites (N-methyl/N-ethyl adjacent to an activating group) is 1. The van der Waals surface area contributed by atoms with Crippen molar-refractivity contribution < 1.29 is 0 Å². The molecule has 1 aliphatic rings. The van der Waals surface area contributed by atoms with E-state index in [0.29, 0.717) is 6.04 Å². The number of thiophene rings is 1. The molecule has 1 aromatic carbocycles. The van der Waals surface area contributed by atoms with Crippen LogP contribution in [0.3, 0.4) is 0 Å². The highest BCUT2D eigenvalue weighted by Gasteiger charge is 2.27. The summed E-state index contributed by atoms with van der Waals surface area (Å²) in [4.78, 5) is 15.2. The van der Waals surface area contributed by atoms with Gasteiger partial charge in [-0.2, -0.15) is 0 Å². The van der Waals surface area contributed by atoms with Gasteiger partial charge >= 0.3 is 0 Å². The predicted octanol–water partition coefficient (Wildman–Crippen LogP) is 3.92. The number of benzene rings is 1. The number of nitrogens with zero attached hydrogens (tertiary/aromatic N) is 4. The monoisotopic (exact) mass is 350 g/mol. The molecule has 4 nitrogen and oxygen atoms in total. The number of anilines is 1. The van der Waals surface area contributed by atoms with Crippen molar-refractivity contribution in [2.75, 3.05) is 25.0 Å². The average Bonchev–Trinajstić information content (AvgIpc) is 3.35. The van der Waals surface area contributed by atoms with Crippen LogP contribution in [0.25, 0.3) is 10.6 Å². The van der Waals surface area contributed by atoms with Crippen LogP contribution in [0.5, 0.6) is 0 Å². The van der Waals surface area contributed by atoms with Gasteiger partial charge in [-0.25, -0.2) is 4.98 Å². The summed E-state index contributed by atoms with van der Waals surface area (Å²) in [6.07, 6.45) is 4.90. The van der Waals surface area contributed by atoms with E-state index in [0.717, 1.165) is 37.6 Å². The van der Waals surface area contributed by atoms with E-state index in [2.05, 4.69) is 69.7 Å². The molecule has 0 spiro atoms. The minimum atomic E-state index is 0.549. The molecular formula is C20H22N4S. The Morgan fingerprint density at radius 3 is 2.84 bits per heavy atom. The van der Waals surface area contributed by atoms with Crippen molar-refractivity contribution >= 4 is 17.2 Å². The highest BCUT2D eigenvalue weighted by atomic mass is 32.1. The van der Waals surface area contributed by atoms with Gasteiger partial charge < -0.3 is 4.90 Å².